The Balaban J connectivity index is 2.15. The summed E-state index contributed by atoms with van der Waals surface area (Å²) in [5, 5.41) is 11.9. The summed E-state index contributed by atoms with van der Waals surface area (Å²) in [4.78, 5) is 27.8. The average molecular weight is 342 g/mol. The number of carbonyl (C=O) groups is 2. The van der Waals surface area contributed by atoms with E-state index in [0.717, 1.165) is 12.0 Å². The maximum absolute atomic E-state index is 12.5. The van der Waals surface area contributed by atoms with Gasteiger partial charge in [-0.15, -0.1) is 0 Å². The lowest BCUT2D eigenvalue weighted by Crippen LogP contribution is -2.30. The van der Waals surface area contributed by atoms with Crippen LogP contribution in [0.1, 0.15) is 48.7 Å². The zero-order chi connectivity index (χ0) is 18.2. The van der Waals surface area contributed by atoms with Gasteiger partial charge >= 0.3 is 5.97 Å². The van der Waals surface area contributed by atoms with Crippen LogP contribution < -0.4 is 10.1 Å². The molecule has 2 rings (SSSR count). The van der Waals surface area contributed by atoms with Crippen molar-refractivity contribution in [3.8, 4) is 5.88 Å². The zero-order valence-corrected chi connectivity index (χ0v) is 14.3. The highest BCUT2D eigenvalue weighted by Gasteiger charge is 2.19. The Morgan fingerprint density at radius 3 is 2.60 bits per heavy atom. The minimum atomic E-state index is -0.982. The van der Waals surface area contributed by atoms with E-state index in [0.29, 0.717) is 11.4 Å². The number of aromatic nitrogens is 1. The van der Waals surface area contributed by atoms with E-state index in [4.69, 9.17) is 9.84 Å². The molecule has 0 fully saturated rings. The Kier molecular flexibility index (Phi) is 6.51. The monoisotopic (exact) mass is 342 g/mol. The van der Waals surface area contributed by atoms with E-state index in [1.54, 1.807) is 36.4 Å². The molecule has 1 aromatic heterocycles. The van der Waals surface area contributed by atoms with E-state index in [9.17, 15) is 9.59 Å². The third-order valence-corrected chi connectivity index (χ3v) is 3.78. The molecule has 1 heterocycles. The molecule has 6 nitrogen and oxygen atoms in total. The van der Waals surface area contributed by atoms with E-state index in [1.807, 2.05) is 19.9 Å². The van der Waals surface area contributed by atoms with Crippen molar-refractivity contribution in [2.24, 2.45) is 0 Å². The van der Waals surface area contributed by atoms with Gasteiger partial charge in [0.2, 0.25) is 5.88 Å². The van der Waals surface area contributed by atoms with Crippen LogP contribution in [0.4, 0.5) is 0 Å². The largest absolute Gasteiger partial charge is 0.481 e. The third-order valence-electron chi connectivity index (χ3n) is 3.78. The molecule has 2 aromatic rings. The predicted molar refractivity (Wildman–Crippen MR) is 93.5 cm³/mol. The molecule has 2 unspecified atom stereocenters. The molecule has 0 bridgehead atoms. The highest BCUT2D eigenvalue weighted by molar-refractivity contribution is 5.94. The van der Waals surface area contributed by atoms with Gasteiger partial charge in [0.05, 0.1) is 18.6 Å². The minimum Gasteiger partial charge on any atom is -0.481 e. The van der Waals surface area contributed by atoms with E-state index < -0.39 is 12.0 Å². The highest BCUT2D eigenvalue weighted by atomic mass is 16.5. The van der Waals surface area contributed by atoms with Crippen molar-refractivity contribution in [2.75, 3.05) is 0 Å². The van der Waals surface area contributed by atoms with Gasteiger partial charge in [-0.3, -0.25) is 9.59 Å². The summed E-state index contributed by atoms with van der Waals surface area (Å²) in [5.41, 5.74) is 1.11. The second-order valence-electron chi connectivity index (χ2n) is 5.75. The molecule has 2 N–H and O–H groups in total. The van der Waals surface area contributed by atoms with E-state index in [2.05, 4.69) is 10.3 Å². The molecule has 0 saturated heterocycles. The van der Waals surface area contributed by atoms with Crippen LogP contribution in [0.5, 0.6) is 5.88 Å². The number of hydrogen-bond acceptors (Lipinski definition) is 4. The molecule has 25 heavy (non-hydrogen) atoms. The van der Waals surface area contributed by atoms with Crippen molar-refractivity contribution in [3.63, 3.8) is 0 Å². The number of carboxylic acid groups (broad SMARTS) is 1. The van der Waals surface area contributed by atoms with Crippen molar-refractivity contribution >= 4 is 11.9 Å². The molecule has 6 heteroatoms. The quantitative estimate of drug-likeness (QED) is 0.769. The normalized spacial score (nSPS) is 12.9. The van der Waals surface area contributed by atoms with Gasteiger partial charge in [-0.1, -0.05) is 37.3 Å². The van der Waals surface area contributed by atoms with Crippen LogP contribution in [-0.2, 0) is 4.79 Å². The number of benzene rings is 1. The van der Waals surface area contributed by atoms with Crippen LogP contribution in [0.15, 0.2) is 48.7 Å². The standard InChI is InChI=1S/C19H22N2O4/c1-3-13(2)25-17-11-15(9-10-20-17)19(24)21-16(12-18(22)23)14-7-5-4-6-8-14/h4-11,13,16H,3,12H2,1-2H3,(H,21,24)(H,22,23). The van der Waals surface area contributed by atoms with Crippen LogP contribution in [0.25, 0.3) is 0 Å². The first-order valence-corrected chi connectivity index (χ1v) is 8.20. The Labute approximate surface area is 146 Å². The lowest BCUT2D eigenvalue weighted by atomic mass is 10.0. The molecule has 0 aliphatic rings. The molecular formula is C19H22N2O4. The third kappa shape index (κ3) is 5.60. The molecule has 0 spiro atoms. The van der Waals surface area contributed by atoms with Crippen molar-refractivity contribution in [1.29, 1.82) is 0 Å². The molecule has 0 aliphatic heterocycles. The number of rotatable bonds is 8. The first kappa shape index (κ1) is 18.4. The second-order valence-corrected chi connectivity index (χ2v) is 5.75. The molecule has 0 saturated carbocycles. The van der Waals surface area contributed by atoms with Crippen LogP contribution >= 0.6 is 0 Å². The van der Waals surface area contributed by atoms with Gasteiger partial charge in [-0.25, -0.2) is 4.98 Å². The number of aliphatic carboxylic acids is 1. The number of nitrogens with zero attached hydrogens (tertiary/aromatic N) is 1. The number of carboxylic acids is 1. The van der Waals surface area contributed by atoms with Crippen LogP contribution in [0.2, 0.25) is 0 Å². The molecule has 1 aromatic carbocycles. The predicted octanol–water partition coefficient (Wildman–Crippen LogP) is 3.20. The Hall–Kier alpha value is -2.89. The average Bonchev–Trinajstić information content (AvgIpc) is 2.61. The van der Waals surface area contributed by atoms with Gasteiger partial charge in [-0.05, 0) is 25.0 Å². The molecule has 1 amide bonds. The maximum Gasteiger partial charge on any atom is 0.305 e. The van der Waals surface area contributed by atoms with Gasteiger partial charge in [0.15, 0.2) is 0 Å². The summed E-state index contributed by atoms with van der Waals surface area (Å²) in [7, 11) is 0. The Morgan fingerprint density at radius 2 is 1.96 bits per heavy atom. The SMILES string of the molecule is CCC(C)Oc1cc(C(=O)NC(CC(=O)O)c2ccccc2)ccn1. The lowest BCUT2D eigenvalue weighted by Gasteiger charge is -2.18. The molecule has 2 atom stereocenters. The Bertz CT molecular complexity index is 718. The summed E-state index contributed by atoms with van der Waals surface area (Å²) in [6, 6.07) is 11.5. The fourth-order valence-corrected chi connectivity index (χ4v) is 2.26. The number of pyridine rings is 1. The second kappa shape index (κ2) is 8.82. The summed E-state index contributed by atoms with van der Waals surface area (Å²) < 4.78 is 5.62. The molecular weight excluding hydrogens is 320 g/mol. The molecule has 0 radical (unpaired) electrons. The van der Waals surface area contributed by atoms with Crippen molar-refractivity contribution in [1.82, 2.24) is 10.3 Å². The van der Waals surface area contributed by atoms with Gasteiger partial charge in [-0.2, -0.15) is 0 Å². The number of nitrogens with one attached hydrogen (secondary N) is 1. The fourth-order valence-electron chi connectivity index (χ4n) is 2.26. The van der Waals surface area contributed by atoms with Crippen molar-refractivity contribution in [3.05, 3.63) is 59.8 Å². The van der Waals surface area contributed by atoms with E-state index in [-0.39, 0.29) is 18.4 Å². The summed E-state index contributed by atoms with van der Waals surface area (Å²) in [5.74, 6) is -0.979. The smallest absolute Gasteiger partial charge is 0.305 e. The van der Waals surface area contributed by atoms with E-state index in [1.165, 1.54) is 6.20 Å². The minimum absolute atomic E-state index is 0.00473. The van der Waals surface area contributed by atoms with Gasteiger partial charge in [0, 0.05) is 17.8 Å². The topological polar surface area (TPSA) is 88.5 Å². The van der Waals surface area contributed by atoms with Gasteiger partial charge < -0.3 is 15.2 Å². The van der Waals surface area contributed by atoms with Crippen molar-refractivity contribution < 1.29 is 19.4 Å². The number of amides is 1. The van der Waals surface area contributed by atoms with Gasteiger partial charge in [0.25, 0.3) is 5.91 Å². The number of ether oxygens (including phenoxy) is 1. The summed E-state index contributed by atoms with van der Waals surface area (Å²) in [6.07, 6.45) is 2.13. The first-order chi connectivity index (χ1) is 12.0. The molecule has 0 aliphatic carbocycles. The maximum atomic E-state index is 12.5. The lowest BCUT2D eigenvalue weighted by molar-refractivity contribution is -0.137. The Morgan fingerprint density at radius 1 is 1.24 bits per heavy atom. The van der Waals surface area contributed by atoms with Crippen LogP contribution in [0.3, 0.4) is 0 Å². The number of carbonyl (C=O) groups excluding carboxylic acids is 1. The van der Waals surface area contributed by atoms with Crippen LogP contribution in [-0.4, -0.2) is 28.1 Å². The van der Waals surface area contributed by atoms with Gasteiger partial charge in [0.1, 0.15) is 0 Å². The molecule has 132 valence electrons. The fraction of sp³-hybridized carbons (Fsp3) is 0.316. The van der Waals surface area contributed by atoms with E-state index >= 15 is 0 Å². The number of hydrogen-bond donors (Lipinski definition) is 2. The van der Waals surface area contributed by atoms with Crippen molar-refractivity contribution in [2.45, 2.75) is 38.8 Å². The zero-order valence-electron chi connectivity index (χ0n) is 14.3. The summed E-state index contributed by atoms with van der Waals surface area (Å²) in [6.45, 7) is 3.92. The summed E-state index contributed by atoms with van der Waals surface area (Å²) >= 11 is 0. The van der Waals surface area contributed by atoms with Crippen LogP contribution in [0, 0.1) is 0 Å². The highest BCUT2D eigenvalue weighted by Crippen LogP contribution is 2.18. The first-order valence-electron chi connectivity index (χ1n) is 8.20.